The van der Waals surface area contributed by atoms with E-state index in [0.29, 0.717) is 12.6 Å². The third kappa shape index (κ3) is 4.14. The van der Waals surface area contributed by atoms with E-state index < -0.39 is 0 Å². The van der Waals surface area contributed by atoms with Crippen molar-refractivity contribution in [2.24, 2.45) is 0 Å². The normalized spacial score (nSPS) is 14.7. The summed E-state index contributed by atoms with van der Waals surface area (Å²) >= 11 is 0. The molecule has 0 spiro atoms. The van der Waals surface area contributed by atoms with Gasteiger partial charge >= 0.3 is 5.97 Å². The fourth-order valence-electron chi connectivity index (χ4n) is 1.69. The summed E-state index contributed by atoms with van der Waals surface area (Å²) in [5.74, 6) is 0.712. The van der Waals surface area contributed by atoms with Crippen molar-refractivity contribution in [2.45, 2.75) is 51.7 Å². The van der Waals surface area contributed by atoms with Gasteiger partial charge in [0.2, 0.25) is 0 Å². The molecule has 1 N–H and O–H groups in total. The van der Waals surface area contributed by atoms with Gasteiger partial charge in [-0.15, -0.1) is 0 Å². The van der Waals surface area contributed by atoms with Crippen LogP contribution in [0.15, 0.2) is 12.4 Å². The molecule has 1 saturated carbocycles. The Labute approximate surface area is 108 Å². The number of imidazole rings is 1. The summed E-state index contributed by atoms with van der Waals surface area (Å²) in [4.78, 5) is 15.9. The van der Waals surface area contributed by atoms with Gasteiger partial charge in [-0.25, -0.2) is 4.98 Å². The second kappa shape index (κ2) is 6.54. The molecule has 0 atom stereocenters. The molecule has 100 valence electrons. The van der Waals surface area contributed by atoms with Crippen LogP contribution in [0.1, 0.15) is 38.4 Å². The molecule has 0 aliphatic heterocycles. The molecule has 5 heteroatoms. The molecule has 0 unspecified atom stereocenters. The smallest absolute Gasteiger partial charge is 0.325 e. The first kappa shape index (κ1) is 13.1. The molecule has 0 amide bonds. The Hall–Kier alpha value is -1.36. The van der Waals surface area contributed by atoms with Crippen molar-refractivity contribution in [3.05, 3.63) is 18.2 Å². The number of hydrogen-bond donors (Lipinski definition) is 1. The fourth-order valence-corrected chi connectivity index (χ4v) is 1.69. The zero-order valence-electron chi connectivity index (χ0n) is 10.9. The number of ether oxygens (including phenoxy) is 1. The highest BCUT2D eigenvalue weighted by Gasteiger charge is 2.21. The summed E-state index contributed by atoms with van der Waals surface area (Å²) in [6, 6.07) is 0.645. The van der Waals surface area contributed by atoms with Crippen molar-refractivity contribution >= 4 is 5.97 Å². The van der Waals surface area contributed by atoms with E-state index in [-0.39, 0.29) is 12.5 Å². The Morgan fingerprint density at radius 2 is 2.44 bits per heavy atom. The van der Waals surface area contributed by atoms with E-state index in [4.69, 9.17) is 4.74 Å². The zero-order valence-corrected chi connectivity index (χ0v) is 10.9. The Balaban J connectivity index is 1.76. The van der Waals surface area contributed by atoms with Gasteiger partial charge in [0.1, 0.15) is 12.4 Å². The van der Waals surface area contributed by atoms with E-state index in [0.717, 1.165) is 25.2 Å². The van der Waals surface area contributed by atoms with Crippen LogP contribution in [0.3, 0.4) is 0 Å². The van der Waals surface area contributed by atoms with Crippen molar-refractivity contribution in [3.8, 4) is 0 Å². The number of carbonyl (C=O) groups is 1. The highest BCUT2D eigenvalue weighted by atomic mass is 16.5. The van der Waals surface area contributed by atoms with Crippen molar-refractivity contribution in [3.63, 3.8) is 0 Å². The highest BCUT2D eigenvalue weighted by molar-refractivity contribution is 5.69. The van der Waals surface area contributed by atoms with E-state index in [2.05, 4.69) is 17.2 Å². The Morgan fingerprint density at radius 3 is 3.17 bits per heavy atom. The molecule has 0 saturated heterocycles. The van der Waals surface area contributed by atoms with Crippen LogP contribution < -0.4 is 5.32 Å². The molecule has 0 radical (unpaired) electrons. The molecule has 1 fully saturated rings. The van der Waals surface area contributed by atoms with E-state index in [1.54, 1.807) is 6.20 Å². The van der Waals surface area contributed by atoms with Gasteiger partial charge in [-0.3, -0.25) is 4.79 Å². The summed E-state index contributed by atoms with van der Waals surface area (Å²) in [6.45, 7) is 3.57. The molecule has 0 bridgehead atoms. The number of aromatic nitrogens is 2. The molecule has 1 aromatic rings. The summed E-state index contributed by atoms with van der Waals surface area (Å²) in [5, 5.41) is 3.39. The maximum absolute atomic E-state index is 11.6. The number of carbonyl (C=O) groups excluding carboxylic acids is 1. The van der Waals surface area contributed by atoms with Gasteiger partial charge in [-0.2, -0.15) is 0 Å². The molecule has 0 aromatic carbocycles. The summed E-state index contributed by atoms with van der Waals surface area (Å²) in [5.41, 5.74) is 0. The largest absolute Gasteiger partial charge is 0.464 e. The van der Waals surface area contributed by atoms with E-state index in [1.807, 2.05) is 10.8 Å². The molecular weight excluding hydrogens is 230 g/mol. The first-order chi connectivity index (χ1) is 8.79. The van der Waals surface area contributed by atoms with Gasteiger partial charge in [-0.1, -0.05) is 13.3 Å². The topological polar surface area (TPSA) is 56.2 Å². The van der Waals surface area contributed by atoms with Gasteiger partial charge in [0, 0.05) is 18.4 Å². The summed E-state index contributed by atoms with van der Waals surface area (Å²) in [6.07, 6.45) is 8.01. The first-order valence-corrected chi connectivity index (χ1v) is 6.68. The average molecular weight is 251 g/mol. The van der Waals surface area contributed by atoms with Crippen molar-refractivity contribution in [1.29, 1.82) is 0 Å². The van der Waals surface area contributed by atoms with Gasteiger partial charge in [0.25, 0.3) is 0 Å². The standard InChI is InChI=1S/C13H21N3O2/c1-2-3-8-18-13(17)10-16-7-6-14-12(16)9-15-11-4-5-11/h6-7,11,15H,2-5,8-10H2,1H3. The Kier molecular flexibility index (Phi) is 4.75. The molecule has 18 heavy (non-hydrogen) atoms. The Bertz CT molecular complexity index is 385. The van der Waals surface area contributed by atoms with Gasteiger partial charge in [0.15, 0.2) is 0 Å². The Morgan fingerprint density at radius 1 is 1.61 bits per heavy atom. The predicted molar refractivity (Wildman–Crippen MR) is 68.0 cm³/mol. The van der Waals surface area contributed by atoms with Gasteiger partial charge < -0.3 is 14.6 Å². The molecular formula is C13H21N3O2. The maximum atomic E-state index is 11.6. The number of unbranched alkanes of at least 4 members (excludes halogenated alkanes) is 1. The third-order valence-corrected chi connectivity index (χ3v) is 2.99. The molecule has 1 aliphatic carbocycles. The van der Waals surface area contributed by atoms with Crippen molar-refractivity contribution < 1.29 is 9.53 Å². The number of hydrogen-bond acceptors (Lipinski definition) is 4. The zero-order chi connectivity index (χ0) is 12.8. The lowest BCUT2D eigenvalue weighted by Gasteiger charge is -2.08. The monoisotopic (exact) mass is 251 g/mol. The molecule has 1 aliphatic rings. The average Bonchev–Trinajstić information content (AvgIpc) is 3.08. The molecule has 2 rings (SSSR count). The van der Waals surface area contributed by atoms with Crippen LogP contribution in [-0.4, -0.2) is 28.2 Å². The third-order valence-electron chi connectivity index (χ3n) is 2.99. The predicted octanol–water partition coefficient (Wildman–Crippen LogP) is 1.48. The van der Waals surface area contributed by atoms with E-state index in [1.165, 1.54) is 12.8 Å². The maximum Gasteiger partial charge on any atom is 0.325 e. The van der Waals surface area contributed by atoms with Crippen LogP contribution in [-0.2, 0) is 22.6 Å². The molecule has 1 aromatic heterocycles. The highest BCUT2D eigenvalue weighted by Crippen LogP contribution is 2.19. The lowest BCUT2D eigenvalue weighted by molar-refractivity contribution is -0.144. The van der Waals surface area contributed by atoms with Crippen LogP contribution in [0.5, 0.6) is 0 Å². The van der Waals surface area contributed by atoms with Crippen LogP contribution in [0.2, 0.25) is 0 Å². The summed E-state index contributed by atoms with van der Waals surface area (Å²) < 4.78 is 6.99. The van der Waals surface area contributed by atoms with Crippen LogP contribution >= 0.6 is 0 Å². The van der Waals surface area contributed by atoms with Crippen molar-refractivity contribution in [1.82, 2.24) is 14.9 Å². The minimum atomic E-state index is -0.186. The second-order valence-corrected chi connectivity index (χ2v) is 4.70. The molecule has 5 nitrogen and oxygen atoms in total. The second-order valence-electron chi connectivity index (χ2n) is 4.70. The van der Waals surface area contributed by atoms with Gasteiger partial charge in [-0.05, 0) is 19.3 Å². The van der Waals surface area contributed by atoms with Crippen LogP contribution in [0.4, 0.5) is 0 Å². The lowest BCUT2D eigenvalue weighted by atomic mass is 10.4. The van der Waals surface area contributed by atoms with Crippen molar-refractivity contribution in [2.75, 3.05) is 6.61 Å². The number of esters is 1. The number of rotatable bonds is 8. The fraction of sp³-hybridized carbons (Fsp3) is 0.692. The van der Waals surface area contributed by atoms with Crippen LogP contribution in [0, 0.1) is 0 Å². The SMILES string of the molecule is CCCCOC(=O)Cn1ccnc1CNC1CC1. The molecule has 1 heterocycles. The van der Waals surface area contributed by atoms with E-state index in [9.17, 15) is 4.79 Å². The minimum absolute atomic E-state index is 0.186. The van der Waals surface area contributed by atoms with E-state index >= 15 is 0 Å². The van der Waals surface area contributed by atoms with Gasteiger partial charge in [0.05, 0.1) is 13.2 Å². The minimum Gasteiger partial charge on any atom is -0.464 e. The lowest BCUT2D eigenvalue weighted by Crippen LogP contribution is -2.21. The first-order valence-electron chi connectivity index (χ1n) is 6.68. The summed E-state index contributed by atoms with van der Waals surface area (Å²) in [7, 11) is 0. The number of nitrogens with zero attached hydrogens (tertiary/aromatic N) is 2. The quantitative estimate of drug-likeness (QED) is 0.561. The van der Waals surface area contributed by atoms with Crippen LogP contribution in [0.25, 0.3) is 0 Å². The number of nitrogens with one attached hydrogen (secondary N) is 1.